The average Bonchev–Trinajstić information content (AvgIpc) is 2.69. The predicted molar refractivity (Wildman–Crippen MR) is 75.1 cm³/mol. The number of methoxy groups -OCH3 is 1. The van der Waals surface area contributed by atoms with Crippen LogP contribution in [-0.4, -0.2) is 24.1 Å². The monoisotopic (exact) mass is 263 g/mol. The van der Waals surface area contributed by atoms with E-state index in [9.17, 15) is 4.79 Å². The lowest BCUT2D eigenvalue weighted by Crippen LogP contribution is -2.21. The number of esters is 1. The third kappa shape index (κ3) is 3.36. The van der Waals surface area contributed by atoms with Crippen LogP contribution in [0.1, 0.15) is 48.9 Å². The van der Waals surface area contributed by atoms with Crippen molar-refractivity contribution in [1.82, 2.24) is 4.98 Å². The van der Waals surface area contributed by atoms with Gasteiger partial charge in [0, 0.05) is 12.2 Å². The van der Waals surface area contributed by atoms with Gasteiger partial charge < -0.3 is 15.8 Å². The lowest BCUT2D eigenvalue weighted by Gasteiger charge is -2.18. The summed E-state index contributed by atoms with van der Waals surface area (Å²) in [7, 11) is 1.35. The molecule has 1 fully saturated rings. The lowest BCUT2D eigenvalue weighted by molar-refractivity contribution is 0.0602. The second-order valence-corrected chi connectivity index (χ2v) is 4.95. The summed E-state index contributed by atoms with van der Waals surface area (Å²) in [5, 5.41) is 3.36. The molecule has 0 aromatic carbocycles. The van der Waals surface area contributed by atoms with E-state index in [1.165, 1.54) is 32.8 Å². The van der Waals surface area contributed by atoms with Crippen molar-refractivity contribution >= 4 is 17.5 Å². The van der Waals surface area contributed by atoms with E-state index in [0.717, 1.165) is 12.8 Å². The molecule has 0 bridgehead atoms. The van der Waals surface area contributed by atoms with Crippen molar-refractivity contribution < 1.29 is 9.53 Å². The number of ether oxygens (including phenoxy) is 1. The minimum absolute atomic E-state index is 0.369. The molecule has 5 nitrogen and oxygen atoms in total. The van der Waals surface area contributed by atoms with Crippen LogP contribution < -0.4 is 11.1 Å². The molecule has 104 valence electrons. The minimum Gasteiger partial charge on any atom is -0.465 e. The van der Waals surface area contributed by atoms with Crippen molar-refractivity contribution in [1.29, 1.82) is 0 Å². The van der Waals surface area contributed by atoms with Gasteiger partial charge in [0.15, 0.2) is 0 Å². The van der Waals surface area contributed by atoms with Gasteiger partial charge in [-0.1, -0.05) is 25.7 Å². The molecule has 0 unspecified atom stereocenters. The number of pyridine rings is 1. The van der Waals surface area contributed by atoms with Gasteiger partial charge in [-0.15, -0.1) is 0 Å². The number of nitrogens with zero attached hydrogens (tertiary/aromatic N) is 1. The molecular weight excluding hydrogens is 242 g/mol. The van der Waals surface area contributed by atoms with Crippen LogP contribution in [0.5, 0.6) is 0 Å². The molecule has 19 heavy (non-hydrogen) atoms. The zero-order valence-corrected chi connectivity index (χ0v) is 11.3. The fourth-order valence-corrected chi connectivity index (χ4v) is 2.49. The standard InChI is InChI=1S/C14H21N3O2/c1-19-14(18)11-8-9-16-13(12(11)15)17-10-6-4-2-3-5-7-10/h8-10H,2-7,15H2,1H3,(H,16,17). The Hall–Kier alpha value is -1.78. The van der Waals surface area contributed by atoms with Gasteiger partial charge >= 0.3 is 5.97 Å². The Labute approximate surface area is 113 Å². The Balaban J connectivity index is 2.13. The molecule has 1 aromatic heterocycles. The SMILES string of the molecule is COC(=O)c1ccnc(NC2CCCCCC2)c1N. The van der Waals surface area contributed by atoms with E-state index in [0.29, 0.717) is 23.1 Å². The summed E-state index contributed by atoms with van der Waals surface area (Å²) < 4.78 is 4.71. The molecule has 1 aliphatic carbocycles. The second-order valence-electron chi connectivity index (χ2n) is 4.95. The smallest absolute Gasteiger partial charge is 0.340 e. The highest BCUT2D eigenvalue weighted by molar-refractivity contribution is 5.97. The normalized spacial score (nSPS) is 16.7. The first-order valence-electron chi connectivity index (χ1n) is 6.81. The summed E-state index contributed by atoms with van der Waals surface area (Å²) in [4.78, 5) is 15.8. The Morgan fingerprint density at radius 3 is 2.68 bits per heavy atom. The Morgan fingerprint density at radius 1 is 1.37 bits per heavy atom. The lowest BCUT2D eigenvalue weighted by atomic mass is 10.1. The molecule has 0 spiro atoms. The van der Waals surface area contributed by atoms with E-state index in [1.54, 1.807) is 12.3 Å². The van der Waals surface area contributed by atoms with Crippen LogP contribution in [0, 0.1) is 0 Å². The summed E-state index contributed by atoms with van der Waals surface area (Å²) in [6.07, 6.45) is 8.89. The third-order valence-corrected chi connectivity index (χ3v) is 3.59. The van der Waals surface area contributed by atoms with E-state index < -0.39 is 5.97 Å². The van der Waals surface area contributed by atoms with Gasteiger partial charge in [0.1, 0.15) is 5.82 Å². The van der Waals surface area contributed by atoms with Crippen molar-refractivity contribution in [2.45, 2.75) is 44.6 Å². The summed E-state index contributed by atoms with van der Waals surface area (Å²) >= 11 is 0. The van der Waals surface area contributed by atoms with Gasteiger partial charge in [0.25, 0.3) is 0 Å². The molecule has 5 heteroatoms. The first-order valence-corrected chi connectivity index (χ1v) is 6.81. The van der Waals surface area contributed by atoms with Crippen molar-refractivity contribution in [3.05, 3.63) is 17.8 Å². The van der Waals surface area contributed by atoms with Gasteiger partial charge in [-0.2, -0.15) is 0 Å². The summed E-state index contributed by atoms with van der Waals surface area (Å²) in [5.74, 6) is 0.165. The van der Waals surface area contributed by atoms with Crippen LogP contribution in [0.2, 0.25) is 0 Å². The van der Waals surface area contributed by atoms with Crippen molar-refractivity contribution in [3.8, 4) is 0 Å². The van der Waals surface area contributed by atoms with Crippen LogP contribution in [0.4, 0.5) is 11.5 Å². The number of carbonyl (C=O) groups excluding carboxylic acids is 1. The zero-order chi connectivity index (χ0) is 13.7. The van der Waals surface area contributed by atoms with Crippen LogP contribution in [0.15, 0.2) is 12.3 Å². The van der Waals surface area contributed by atoms with Crippen LogP contribution in [0.3, 0.4) is 0 Å². The third-order valence-electron chi connectivity index (χ3n) is 3.59. The molecule has 0 saturated heterocycles. The number of aromatic nitrogens is 1. The summed E-state index contributed by atoms with van der Waals surface area (Å²) in [6.45, 7) is 0. The molecule has 1 aliphatic rings. The maximum Gasteiger partial charge on any atom is 0.340 e. The van der Waals surface area contributed by atoms with E-state index >= 15 is 0 Å². The van der Waals surface area contributed by atoms with Gasteiger partial charge in [-0.25, -0.2) is 9.78 Å². The largest absolute Gasteiger partial charge is 0.465 e. The van der Waals surface area contributed by atoms with Gasteiger partial charge in [-0.3, -0.25) is 0 Å². The van der Waals surface area contributed by atoms with Crippen molar-refractivity contribution in [2.24, 2.45) is 0 Å². The van der Waals surface area contributed by atoms with Crippen LogP contribution >= 0.6 is 0 Å². The summed E-state index contributed by atoms with van der Waals surface area (Å²) in [6, 6.07) is 1.98. The quantitative estimate of drug-likeness (QED) is 0.647. The number of hydrogen-bond acceptors (Lipinski definition) is 5. The van der Waals surface area contributed by atoms with Gasteiger partial charge in [-0.05, 0) is 18.9 Å². The maximum atomic E-state index is 11.6. The number of anilines is 2. The molecule has 3 N–H and O–H groups in total. The Morgan fingerprint density at radius 2 is 2.05 bits per heavy atom. The van der Waals surface area contributed by atoms with Crippen LogP contribution in [0.25, 0.3) is 0 Å². The first-order chi connectivity index (χ1) is 9.22. The topological polar surface area (TPSA) is 77.2 Å². The number of carbonyl (C=O) groups is 1. The maximum absolute atomic E-state index is 11.6. The Kier molecular flexibility index (Phi) is 4.60. The summed E-state index contributed by atoms with van der Waals surface area (Å²) in [5.41, 5.74) is 6.73. The molecule has 1 aromatic rings. The van der Waals surface area contributed by atoms with Crippen LogP contribution in [-0.2, 0) is 4.74 Å². The highest BCUT2D eigenvalue weighted by Gasteiger charge is 2.17. The fraction of sp³-hybridized carbons (Fsp3) is 0.571. The predicted octanol–water partition coefficient (Wildman–Crippen LogP) is 2.59. The highest BCUT2D eigenvalue weighted by atomic mass is 16.5. The first kappa shape index (κ1) is 13.6. The molecular formula is C14H21N3O2. The number of nitrogens with two attached hydrogens (primary N) is 1. The average molecular weight is 263 g/mol. The van der Waals surface area contributed by atoms with E-state index in [4.69, 9.17) is 10.5 Å². The zero-order valence-electron chi connectivity index (χ0n) is 11.3. The molecule has 0 amide bonds. The molecule has 2 rings (SSSR count). The van der Waals surface area contributed by atoms with E-state index in [-0.39, 0.29) is 0 Å². The number of nitrogens with one attached hydrogen (secondary N) is 1. The van der Waals surface area contributed by atoms with Gasteiger partial charge in [0.05, 0.1) is 18.4 Å². The number of hydrogen-bond donors (Lipinski definition) is 2. The number of rotatable bonds is 3. The number of nitrogen functional groups attached to an aromatic ring is 1. The molecule has 0 atom stereocenters. The molecule has 1 heterocycles. The Bertz CT molecular complexity index is 440. The molecule has 0 radical (unpaired) electrons. The fourth-order valence-electron chi connectivity index (χ4n) is 2.49. The molecule has 1 saturated carbocycles. The van der Waals surface area contributed by atoms with E-state index in [2.05, 4.69) is 10.3 Å². The minimum atomic E-state index is -0.427. The second kappa shape index (κ2) is 6.41. The van der Waals surface area contributed by atoms with Crippen molar-refractivity contribution in [2.75, 3.05) is 18.2 Å². The van der Waals surface area contributed by atoms with E-state index in [1.807, 2.05) is 0 Å². The highest BCUT2D eigenvalue weighted by Crippen LogP contribution is 2.25. The van der Waals surface area contributed by atoms with Crippen molar-refractivity contribution in [3.63, 3.8) is 0 Å². The van der Waals surface area contributed by atoms with Gasteiger partial charge in [0.2, 0.25) is 0 Å². The molecule has 0 aliphatic heterocycles.